The lowest BCUT2D eigenvalue weighted by Gasteiger charge is -2.41. The zero-order chi connectivity index (χ0) is 24.1. The fourth-order valence-electron chi connectivity index (χ4n) is 4.98. The van der Waals surface area contributed by atoms with Gasteiger partial charge in [0.1, 0.15) is 11.3 Å². The number of benzene rings is 1. The van der Waals surface area contributed by atoms with Crippen molar-refractivity contribution >= 4 is 29.4 Å². The van der Waals surface area contributed by atoms with Crippen molar-refractivity contribution in [2.75, 3.05) is 33.4 Å². The van der Waals surface area contributed by atoms with Crippen LogP contribution in [-0.4, -0.2) is 66.5 Å². The molecule has 8 nitrogen and oxygen atoms in total. The van der Waals surface area contributed by atoms with E-state index in [0.29, 0.717) is 50.2 Å². The molecule has 2 fully saturated rings. The maximum Gasteiger partial charge on any atom is 0.325 e. The average Bonchev–Trinajstić information content (AvgIpc) is 3.45. The second-order valence-electron chi connectivity index (χ2n) is 8.85. The minimum absolute atomic E-state index is 0.0681. The minimum Gasteiger partial charge on any atom is -0.469 e. The van der Waals surface area contributed by atoms with Gasteiger partial charge in [0.15, 0.2) is 0 Å². The number of hydrogen-bond acceptors (Lipinski definition) is 5. The Kier molecular flexibility index (Phi) is 7.58. The third-order valence-corrected chi connectivity index (χ3v) is 7.23. The Balaban J connectivity index is 1.49. The van der Waals surface area contributed by atoms with Gasteiger partial charge in [-0.3, -0.25) is 14.5 Å². The van der Waals surface area contributed by atoms with Crippen LogP contribution in [-0.2, 0) is 27.2 Å². The predicted molar refractivity (Wildman–Crippen MR) is 126 cm³/mol. The molecule has 3 heterocycles. The molecule has 2 aromatic rings. The maximum atomic E-state index is 13.7. The van der Waals surface area contributed by atoms with Crippen molar-refractivity contribution in [2.24, 2.45) is 5.92 Å². The van der Waals surface area contributed by atoms with Gasteiger partial charge in [0.2, 0.25) is 5.91 Å². The molecule has 0 aliphatic carbocycles. The predicted octanol–water partition coefficient (Wildman–Crippen LogP) is 3.28. The molecule has 0 saturated carbocycles. The Bertz CT molecular complexity index is 1020. The van der Waals surface area contributed by atoms with Crippen LogP contribution >= 0.6 is 11.6 Å². The third-order valence-electron chi connectivity index (χ3n) is 6.86. The molecule has 2 aliphatic rings. The SMILES string of the molecule is COCCN1C(=O)N[C@@](Cc2ccccc2Cl)(C2CCN(C(=O)CCc3ccco3)CC2)C1=O. The van der Waals surface area contributed by atoms with Gasteiger partial charge in [-0.1, -0.05) is 29.8 Å². The number of nitrogens with one attached hydrogen (secondary N) is 1. The first-order chi connectivity index (χ1) is 16.4. The number of halogens is 1. The largest absolute Gasteiger partial charge is 0.469 e. The number of amides is 4. The molecule has 1 atom stereocenters. The molecular weight excluding hydrogens is 458 g/mol. The molecule has 4 rings (SSSR count). The van der Waals surface area contributed by atoms with Gasteiger partial charge in [-0.2, -0.15) is 0 Å². The zero-order valence-electron chi connectivity index (χ0n) is 19.3. The summed E-state index contributed by atoms with van der Waals surface area (Å²) in [5.41, 5.74) is -0.289. The highest BCUT2D eigenvalue weighted by atomic mass is 35.5. The lowest BCUT2D eigenvalue weighted by atomic mass is 9.73. The van der Waals surface area contributed by atoms with Crippen LogP contribution in [0.4, 0.5) is 4.79 Å². The summed E-state index contributed by atoms with van der Waals surface area (Å²) in [5, 5.41) is 3.58. The van der Waals surface area contributed by atoms with E-state index in [9.17, 15) is 14.4 Å². The smallest absolute Gasteiger partial charge is 0.325 e. The molecule has 0 radical (unpaired) electrons. The number of hydrogen-bond donors (Lipinski definition) is 1. The Morgan fingerprint density at radius 1 is 1.21 bits per heavy atom. The van der Waals surface area contributed by atoms with Crippen LogP contribution in [0.25, 0.3) is 0 Å². The van der Waals surface area contributed by atoms with E-state index in [4.69, 9.17) is 20.8 Å². The van der Waals surface area contributed by atoms with Gasteiger partial charge in [0, 0.05) is 44.5 Å². The minimum atomic E-state index is -1.10. The van der Waals surface area contributed by atoms with Crippen molar-refractivity contribution in [2.45, 2.75) is 37.6 Å². The van der Waals surface area contributed by atoms with Gasteiger partial charge >= 0.3 is 6.03 Å². The van der Waals surface area contributed by atoms with Crippen molar-refractivity contribution in [1.29, 1.82) is 0 Å². The highest BCUT2D eigenvalue weighted by Crippen LogP contribution is 2.37. The molecule has 0 unspecified atom stereocenters. The highest BCUT2D eigenvalue weighted by Gasteiger charge is 2.56. The van der Waals surface area contributed by atoms with Crippen molar-refractivity contribution in [1.82, 2.24) is 15.1 Å². The molecule has 182 valence electrons. The molecule has 9 heteroatoms. The van der Waals surface area contributed by atoms with Crippen LogP contribution in [0.1, 0.15) is 30.6 Å². The number of urea groups is 1. The molecule has 34 heavy (non-hydrogen) atoms. The van der Waals surface area contributed by atoms with E-state index in [1.807, 2.05) is 35.2 Å². The monoisotopic (exact) mass is 487 g/mol. The van der Waals surface area contributed by atoms with E-state index in [-0.39, 0.29) is 30.9 Å². The summed E-state index contributed by atoms with van der Waals surface area (Å²) in [6.45, 7) is 1.53. The number of aryl methyl sites for hydroxylation is 1. The van der Waals surface area contributed by atoms with Crippen LogP contribution in [0, 0.1) is 5.92 Å². The number of furan rings is 1. The Hall–Kier alpha value is -2.84. The lowest BCUT2D eigenvalue weighted by Crippen LogP contribution is -2.58. The van der Waals surface area contributed by atoms with Crippen LogP contribution in [0.3, 0.4) is 0 Å². The first-order valence-corrected chi connectivity index (χ1v) is 12.0. The van der Waals surface area contributed by atoms with Gasteiger partial charge in [-0.15, -0.1) is 0 Å². The molecule has 0 bridgehead atoms. The third kappa shape index (κ3) is 4.98. The summed E-state index contributed by atoms with van der Waals surface area (Å²) in [7, 11) is 1.54. The van der Waals surface area contributed by atoms with Gasteiger partial charge in [-0.25, -0.2) is 4.79 Å². The fourth-order valence-corrected chi connectivity index (χ4v) is 5.18. The van der Waals surface area contributed by atoms with E-state index in [1.165, 1.54) is 12.0 Å². The van der Waals surface area contributed by atoms with E-state index in [0.717, 1.165) is 11.3 Å². The van der Waals surface area contributed by atoms with Crippen molar-refractivity contribution in [3.8, 4) is 0 Å². The zero-order valence-corrected chi connectivity index (χ0v) is 20.1. The van der Waals surface area contributed by atoms with E-state index in [2.05, 4.69) is 5.32 Å². The Morgan fingerprint density at radius 2 is 1.97 bits per heavy atom. The quantitative estimate of drug-likeness (QED) is 0.548. The number of piperidine rings is 1. The van der Waals surface area contributed by atoms with Crippen LogP contribution in [0.5, 0.6) is 0 Å². The number of likely N-dealkylation sites (tertiary alicyclic amines) is 1. The Morgan fingerprint density at radius 3 is 2.65 bits per heavy atom. The molecule has 4 amide bonds. The van der Waals surface area contributed by atoms with Crippen molar-refractivity contribution in [3.05, 3.63) is 59.0 Å². The molecular formula is C25H30ClN3O5. The second kappa shape index (κ2) is 10.6. The van der Waals surface area contributed by atoms with Crippen LogP contribution in [0.2, 0.25) is 5.02 Å². The van der Waals surface area contributed by atoms with E-state index >= 15 is 0 Å². The number of carbonyl (C=O) groups is 3. The molecule has 2 saturated heterocycles. The number of carbonyl (C=O) groups excluding carboxylic acids is 3. The average molecular weight is 488 g/mol. The summed E-state index contributed by atoms with van der Waals surface area (Å²) in [5.74, 6) is 0.481. The van der Waals surface area contributed by atoms with Gasteiger partial charge in [0.25, 0.3) is 5.91 Å². The maximum absolute atomic E-state index is 13.7. The first-order valence-electron chi connectivity index (χ1n) is 11.6. The summed E-state index contributed by atoms with van der Waals surface area (Å²) in [4.78, 5) is 42.3. The summed E-state index contributed by atoms with van der Waals surface area (Å²) in [6.07, 6.45) is 4.07. The first kappa shape index (κ1) is 24.3. The topological polar surface area (TPSA) is 92.1 Å². The van der Waals surface area contributed by atoms with E-state index in [1.54, 1.807) is 12.3 Å². The summed E-state index contributed by atoms with van der Waals surface area (Å²) >= 11 is 6.43. The Labute approximate surface area is 204 Å². The number of methoxy groups -OCH3 is 1. The molecule has 1 N–H and O–H groups in total. The highest BCUT2D eigenvalue weighted by molar-refractivity contribution is 6.31. The van der Waals surface area contributed by atoms with Gasteiger partial charge in [0.05, 0.1) is 19.4 Å². The number of ether oxygens (including phenoxy) is 1. The van der Waals surface area contributed by atoms with Crippen molar-refractivity contribution < 1.29 is 23.5 Å². The second-order valence-corrected chi connectivity index (χ2v) is 9.26. The molecule has 0 spiro atoms. The molecule has 1 aromatic heterocycles. The number of nitrogens with zero attached hydrogens (tertiary/aromatic N) is 2. The van der Waals surface area contributed by atoms with Crippen LogP contribution in [0.15, 0.2) is 47.1 Å². The lowest BCUT2D eigenvalue weighted by molar-refractivity contribution is -0.136. The fraction of sp³-hybridized carbons (Fsp3) is 0.480. The van der Waals surface area contributed by atoms with E-state index < -0.39 is 11.6 Å². The normalized spacial score (nSPS) is 21.2. The summed E-state index contributed by atoms with van der Waals surface area (Å²) in [6, 6.07) is 10.6. The standard InChI is InChI=1S/C25H30ClN3O5/c1-33-16-14-29-23(31)25(27-24(29)32,17-18-5-2-3-7-21(18)26)19-10-12-28(13-11-19)22(30)9-8-20-6-4-15-34-20/h2-7,15,19H,8-14,16-17H2,1H3,(H,27,32)/t25-/m0/s1. The molecule has 2 aliphatic heterocycles. The van der Waals surface area contributed by atoms with Crippen molar-refractivity contribution in [3.63, 3.8) is 0 Å². The van der Waals surface area contributed by atoms with Crippen LogP contribution < -0.4 is 5.32 Å². The summed E-state index contributed by atoms with van der Waals surface area (Å²) < 4.78 is 10.4. The van der Waals surface area contributed by atoms with Gasteiger partial charge in [-0.05, 0) is 42.5 Å². The van der Waals surface area contributed by atoms with Gasteiger partial charge < -0.3 is 19.4 Å². The number of imide groups is 1. The molecule has 1 aromatic carbocycles. The number of rotatable bonds is 9.